The Balaban J connectivity index is 1.32. The van der Waals surface area contributed by atoms with E-state index in [1.54, 1.807) is 69.6 Å². The summed E-state index contributed by atoms with van der Waals surface area (Å²) in [6, 6.07) is 15.7. The highest BCUT2D eigenvalue weighted by Gasteiger charge is 2.31. The van der Waals surface area contributed by atoms with Crippen LogP contribution in [0.4, 0.5) is 11.5 Å². The highest BCUT2D eigenvalue weighted by atomic mass is 32.2. The van der Waals surface area contributed by atoms with Crippen molar-refractivity contribution in [3.05, 3.63) is 89.4 Å². The minimum absolute atomic E-state index is 0.0339. The minimum atomic E-state index is -4.42. The average Bonchev–Trinajstić information content (AvgIpc) is 3.68. The molecule has 0 spiro atoms. The van der Waals surface area contributed by atoms with Gasteiger partial charge in [-0.15, -0.1) is 9.38 Å². The third kappa shape index (κ3) is 6.02. The molecule has 0 aliphatic heterocycles. The number of anilines is 2. The average molecular weight is 616 g/mol. The maximum absolute atomic E-state index is 13.8. The Morgan fingerprint density at radius 3 is 2.41 bits per heavy atom. The molecule has 1 N–H and O–H groups in total. The Morgan fingerprint density at radius 1 is 0.977 bits per heavy atom. The van der Waals surface area contributed by atoms with Gasteiger partial charge < -0.3 is 10.1 Å². The molecule has 13 nitrogen and oxygen atoms in total. The lowest BCUT2D eigenvalue weighted by molar-refractivity contribution is -0.117. The van der Waals surface area contributed by atoms with E-state index in [9.17, 15) is 18.0 Å². The van der Waals surface area contributed by atoms with Crippen molar-refractivity contribution in [3.8, 4) is 11.6 Å². The molecule has 44 heavy (non-hydrogen) atoms. The summed E-state index contributed by atoms with van der Waals surface area (Å²) in [7, 11) is -2.84. The van der Waals surface area contributed by atoms with Crippen LogP contribution in [0.25, 0.3) is 5.65 Å². The van der Waals surface area contributed by atoms with Gasteiger partial charge in [-0.25, -0.2) is 9.50 Å². The number of nitrogens with one attached hydrogen (secondary N) is 1. The number of aryl methyl sites for hydroxylation is 4. The lowest BCUT2D eigenvalue weighted by Gasteiger charge is -2.23. The molecule has 0 radical (unpaired) electrons. The Bertz CT molecular complexity index is 2010. The Hall–Kier alpha value is -5.08. The van der Waals surface area contributed by atoms with Crippen molar-refractivity contribution in [2.75, 3.05) is 10.4 Å². The molecule has 2 amide bonds. The van der Waals surface area contributed by atoms with Gasteiger partial charge in [-0.2, -0.15) is 18.6 Å². The van der Waals surface area contributed by atoms with Crippen LogP contribution < -0.4 is 15.1 Å². The molecule has 226 valence electrons. The standard InChI is InChI=1S/C30H29N7O6S/c1-18-5-11-23(12-6-18)44(40,41)43-37(30(39)25-15-20(3)33-35(25)4)24-16-22(10-7-19(24)2)42-28-14-13-27-31-26(17-36(27)34-28)32-29(38)21-8-9-21/h5-7,10-17,21H,8-9H2,1-4H3,(H,32,38). The molecule has 1 fully saturated rings. The molecule has 3 heterocycles. The first-order valence-electron chi connectivity index (χ1n) is 13.8. The van der Waals surface area contributed by atoms with Gasteiger partial charge in [0.25, 0.3) is 0 Å². The highest BCUT2D eigenvalue weighted by Crippen LogP contribution is 2.32. The molecule has 0 bridgehead atoms. The number of hydrogen-bond acceptors (Lipinski definition) is 9. The first-order chi connectivity index (χ1) is 21.0. The zero-order valence-corrected chi connectivity index (χ0v) is 25.2. The van der Waals surface area contributed by atoms with Crippen molar-refractivity contribution < 1.29 is 27.0 Å². The second kappa shape index (κ2) is 11.2. The number of ether oxygens (including phenoxy) is 1. The van der Waals surface area contributed by atoms with E-state index in [1.807, 2.05) is 6.92 Å². The summed E-state index contributed by atoms with van der Waals surface area (Å²) in [5.74, 6) is 0.0577. The molecule has 0 atom stereocenters. The van der Waals surface area contributed by atoms with Crippen molar-refractivity contribution in [1.82, 2.24) is 24.4 Å². The van der Waals surface area contributed by atoms with Crippen molar-refractivity contribution in [2.24, 2.45) is 13.0 Å². The van der Waals surface area contributed by atoms with Gasteiger partial charge in [0.05, 0.1) is 22.5 Å². The zero-order valence-electron chi connectivity index (χ0n) is 24.4. The maximum atomic E-state index is 13.8. The van der Waals surface area contributed by atoms with Crippen molar-refractivity contribution in [3.63, 3.8) is 0 Å². The van der Waals surface area contributed by atoms with Gasteiger partial charge in [0.15, 0.2) is 11.5 Å². The Morgan fingerprint density at radius 2 is 1.73 bits per heavy atom. The second-order valence-electron chi connectivity index (χ2n) is 10.7. The highest BCUT2D eigenvalue weighted by molar-refractivity contribution is 7.86. The van der Waals surface area contributed by atoms with Crippen LogP contribution >= 0.6 is 0 Å². The summed E-state index contributed by atoms with van der Waals surface area (Å²) in [5.41, 5.74) is 2.73. The quantitative estimate of drug-likeness (QED) is 0.237. The summed E-state index contributed by atoms with van der Waals surface area (Å²) in [4.78, 5) is 30.2. The van der Waals surface area contributed by atoms with Crippen LogP contribution in [0.3, 0.4) is 0 Å². The number of benzene rings is 2. The number of amides is 2. The number of rotatable bonds is 9. The molecule has 2 aromatic carbocycles. The number of carbonyl (C=O) groups excluding carboxylic acids is 2. The molecular formula is C30H29N7O6S. The normalized spacial score (nSPS) is 13.2. The van der Waals surface area contributed by atoms with Crippen molar-refractivity contribution in [1.29, 1.82) is 0 Å². The van der Waals surface area contributed by atoms with Gasteiger partial charge in [0.1, 0.15) is 11.4 Å². The predicted octanol–water partition coefficient (Wildman–Crippen LogP) is 4.50. The van der Waals surface area contributed by atoms with Crippen LogP contribution in [0.2, 0.25) is 0 Å². The number of nitrogens with zero attached hydrogens (tertiary/aromatic N) is 6. The largest absolute Gasteiger partial charge is 0.438 e. The number of hydrogen-bond donors (Lipinski definition) is 1. The third-order valence-electron chi connectivity index (χ3n) is 7.00. The van der Waals surface area contributed by atoms with Crippen LogP contribution in [0.5, 0.6) is 11.6 Å². The van der Waals surface area contributed by atoms with Crippen LogP contribution in [0.15, 0.2) is 71.8 Å². The monoisotopic (exact) mass is 615 g/mol. The SMILES string of the molecule is Cc1ccc(S(=O)(=O)ON(C(=O)c2cc(C)nn2C)c2cc(Oc3ccc4nc(NC(=O)C5CC5)cn4n3)ccc2C)cc1. The smallest absolute Gasteiger partial charge is 0.318 e. The molecule has 5 aromatic rings. The number of aromatic nitrogens is 5. The van der Waals surface area contributed by atoms with Crippen molar-refractivity contribution in [2.45, 2.75) is 38.5 Å². The lowest BCUT2D eigenvalue weighted by atomic mass is 10.2. The van der Waals surface area contributed by atoms with Crippen LogP contribution in [-0.4, -0.2) is 44.6 Å². The van der Waals surface area contributed by atoms with Gasteiger partial charge in [0.2, 0.25) is 11.8 Å². The fourth-order valence-electron chi connectivity index (χ4n) is 4.49. The van der Waals surface area contributed by atoms with Gasteiger partial charge in [-0.3, -0.25) is 14.3 Å². The molecule has 0 saturated heterocycles. The maximum Gasteiger partial charge on any atom is 0.318 e. The Kier molecular flexibility index (Phi) is 7.39. The zero-order chi connectivity index (χ0) is 31.2. The predicted molar refractivity (Wildman–Crippen MR) is 160 cm³/mol. The van der Waals surface area contributed by atoms with E-state index in [0.29, 0.717) is 22.7 Å². The lowest BCUT2D eigenvalue weighted by Crippen LogP contribution is -2.35. The topological polar surface area (TPSA) is 150 Å². The molecule has 1 aliphatic carbocycles. The fourth-order valence-corrected chi connectivity index (χ4v) is 5.39. The summed E-state index contributed by atoms with van der Waals surface area (Å²) < 4.78 is 41.1. The number of fused-ring (bicyclic) bond motifs is 1. The van der Waals surface area contributed by atoms with E-state index < -0.39 is 16.0 Å². The summed E-state index contributed by atoms with van der Waals surface area (Å²) >= 11 is 0. The van der Waals surface area contributed by atoms with Gasteiger partial charge in [-0.1, -0.05) is 23.8 Å². The molecular weight excluding hydrogens is 586 g/mol. The van der Waals surface area contributed by atoms with Gasteiger partial charge >= 0.3 is 16.0 Å². The van der Waals surface area contributed by atoms with Crippen molar-refractivity contribution >= 4 is 39.1 Å². The van der Waals surface area contributed by atoms with E-state index >= 15 is 0 Å². The number of hydroxylamine groups is 1. The first kappa shape index (κ1) is 29.0. The second-order valence-corrected chi connectivity index (χ2v) is 12.2. The summed E-state index contributed by atoms with van der Waals surface area (Å²) in [6.07, 6.45) is 3.34. The first-order valence-corrected chi connectivity index (χ1v) is 15.2. The summed E-state index contributed by atoms with van der Waals surface area (Å²) in [6.45, 7) is 5.26. The minimum Gasteiger partial charge on any atom is -0.438 e. The third-order valence-corrected chi connectivity index (χ3v) is 8.20. The molecule has 14 heteroatoms. The molecule has 1 aliphatic rings. The van der Waals surface area contributed by atoms with E-state index in [1.165, 1.54) is 27.4 Å². The van der Waals surface area contributed by atoms with E-state index in [0.717, 1.165) is 23.5 Å². The molecule has 3 aromatic heterocycles. The van der Waals surface area contributed by atoms with Crippen LogP contribution in [0, 0.1) is 26.7 Å². The number of carbonyl (C=O) groups is 2. The Labute approximate surface area is 253 Å². The molecule has 0 unspecified atom stereocenters. The van der Waals surface area contributed by atoms with E-state index in [4.69, 9.17) is 9.02 Å². The van der Waals surface area contributed by atoms with Gasteiger partial charge in [0, 0.05) is 25.1 Å². The summed E-state index contributed by atoms with van der Waals surface area (Å²) in [5, 5.41) is 12.2. The van der Waals surface area contributed by atoms with Gasteiger partial charge in [-0.05, 0) is 69.5 Å². The van der Waals surface area contributed by atoms with E-state index in [-0.39, 0.29) is 39.7 Å². The van der Waals surface area contributed by atoms with E-state index in [2.05, 4.69) is 20.5 Å². The molecule has 6 rings (SSSR count). The van der Waals surface area contributed by atoms with Crippen LogP contribution in [0.1, 0.15) is 40.2 Å². The van der Waals surface area contributed by atoms with Crippen LogP contribution in [-0.2, 0) is 26.2 Å². The number of imidazole rings is 1. The molecule has 1 saturated carbocycles. The fraction of sp³-hybridized carbons (Fsp3) is 0.233.